The number of nitrogens with two attached hydrogens (primary N) is 1. The van der Waals surface area contributed by atoms with Crippen molar-refractivity contribution in [3.63, 3.8) is 0 Å². The summed E-state index contributed by atoms with van der Waals surface area (Å²) in [5.74, 6) is -0.637. The second-order valence-electron chi connectivity index (χ2n) is 8.23. The zero-order valence-electron chi connectivity index (χ0n) is 17.0. The Bertz CT molecular complexity index is 945. The standard InChI is InChI=1S/C23H27FN2O2S/c1-4-23(2,3)15-8-11-17-18(13-15)29-22(20(17)21(25)28)26-19(27)12-7-14-5-9-16(24)10-6-14/h5-7,9-10,12,15H,4,8,11,13H2,1-3H3,(H2,25,28)(H,26,27)/b12-7+/t15-/m0/s1. The lowest BCUT2D eigenvalue weighted by Gasteiger charge is -2.36. The number of rotatable bonds is 6. The van der Waals surface area contributed by atoms with Crippen molar-refractivity contribution in [2.24, 2.45) is 17.1 Å². The zero-order chi connectivity index (χ0) is 21.2. The smallest absolute Gasteiger partial charge is 0.251 e. The van der Waals surface area contributed by atoms with Gasteiger partial charge in [-0.3, -0.25) is 9.59 Å². The minimum atomic E-state index is -0.506. The van der Waals surface area contributed by atoms with Gasteiger partial charge in [0.1, 0.15) is 10.8 Å². The Morgan fingerprint density at radius 1 is 1.31 bits per heavy atom. The molecule has 1 heterocycles. The Kier molecular flexibility index (Phi) is 6.22. The fourth-order valence-corrected chi connectivity index (χ4v) is 5.13. The van der Waals surface area contributed by atoms with Crippen molar-refractivity contribution in [2.75, 3.05) is 5.32 Å². The highest BCUT2D eigenvalue weighted by atomic mass is 32.1. The third kappa shape index (κ3) is 4.75. The van der Waals surface area contributed by atoms with E-state index in [1.807, 2.05) is 0 Å². The fraction of sp³-hybridized carbons (Fsp3) is 0.391. The first-order valence-electron chi connectivity index (χ1n) is 9.90. The highest BCUT2D eigenvalue weighted by molar-refractivity contribution is 7.17. The van der Waals surface area contributed by atoms with E-state index < -0.39 is 5.91 Å². The minimum Gasteiger partial charge on any atom is -0.365 e. The molecule has 1 aromatic carbocycles. The van der Waals surface area contributed by atoms with Crippen LogP contribution in [-0.4, -0.2) is 11.8 Å². The number of nitrogens with one attached hydrogen (secondary N) is 1. The van der Waals surface area contributed by atoms with Gasteiger partial charge in [-0.05, 0) is 59.9 Å². The molecule has 2 amide bonds. The van der Waals surface area contributed by atoms with E-state index in [4.69, 9.17) is 5.73 Å². The fourth-order valence-electron chi connectivity index (χ4n) is 3.79. The largest absolute Gasteiger partial charge is 0.365 e. The maximum atomic E-state index is 13.0. The van der Waals surface area contributed by atoms with Gasteiger partial charge < -0.3 is 11.1 Å². The van der Waals surface area contributed by atoms with Crippen LogP contribution in [0.5, 0.6) is 0 Å². The van der Waals surface area contributed by atoms with Gasteiger partial charge in [-0.15, -0.1) is 11.3 Å². The molecule has 0 radical (unpaired) electrons. The molecule has 1 aromatic heterocycles. The molecule has 0 unspecified atom stereocenters. The molecule has 29 heavy (non-hydrogen) atoms. The molecular weight excluding hydrogens is 387 g/mol. The van der Waals surface area contributed by atoms with Gasteiger partial charge in [-0.1, -0.05) is 39.3 Å². The van der Waals surface area contributed by atoms with Crippen molar-refractivity contribution >= 4 is 34.2 Å². The quantitative estimate of drug-likeness (QED) is 0.639. The van der Waals surface area contributed by atoms with Gasteiger partial charge in [0.15, 0.2) is 0 Å². The number of carbonyl (C=O) groups is 2. The van der Waals surface area contributed by atoms with Crippen LogP contribution in [0.15, 0.2) is 30.3 Å². The Balaban J connectivity index is 1.80. The van der Waals surface area contributed by atoms with Gasteiger partial charge in [-0.25, -0.2) is 4.39 Å². The minimum absolute atomic E-state index is 0.232. The summed E-state index contributed by atoms with van der Waals surface area (Å²) in [7, 11) is 0. The molecule has 0 aliphatic heterocycles. The van der Waals surface area contributed by atoms with Crippen molar-refractivity contribution in [2.45, 2.75) is 46.5 Å². The Morgan fingerprint density at radius 2 is 2.00 bits per heavy atom. The summed E-state index contributed by atoms with van der Waals surface area (Å²) >= 11 is 1.46. The molecule has 1 aliphatic rings. The molecular formula is C23H27FN2O2S. The van der Waals surface area contributed by atoms with Crippen LogP contribution in [0.1, 0.15) is 60.0 Å². The SMILES string of the molecule is CCC(C)(C)[C@H]1CCc2c(sc(NC(=O)/C=C/c3ccc(F)cc3)c2C(N)=O)C1. The third-order valence-corrected chi connectivity index (χ3v) is 7.23. The zero-order valence-corrected chi connectivity index (χ0v) is 17.9. The van der Waals surface area contributed by atoms with Crippen LogP contribution in [0, 0.1) is 17.2 Å². The van der Waals surface area contributed by atoms with Crippen molar-refractivity contribution in [1.29, 1.82) is 0 Å². The van der Waals surface area contributed by atoms with Crippen molar-refractivity contribution < 1.29 is 14.0 Å². The molecule has 0 saturated carbocycles. The van der Waals surface area contributed by atoms with Crippen LogP contribution >= 0.6 is 11.3 Å². The summed E-state index contributed by atoms with van der Waals surface area (Å²) in [6.07, 6.45) is 6.80. The lowest BCUT2D eigenvalue weighted by Crippen LogP contribution is -2.29. The van der Waals surface area contributed by atoms with E-state index in [0.717, 1.165) is 36.1 Å². The molecule has 1 atom stereocenters. The maximum Gasteiger partial charge on any atom is 0.251 e. The molecule has 154 valence electrons. The number of primary amides is 1. The molecule has 0 spiro atoms. The van der Waals surface area contributed by atoms with Crippen molar-refractivity contribution in [3.05, 3.63) is 57.7 Å². The summed E-state index contributed by atoms with van der Waals surface area (Å²) < 4.78 is 13.0. The second-order valence-corrected chi connectivity index (χ2v) is 9.33. The van der Waals surface area contributed by atoms with Crippen molar-refractivity contribution in [3.8, 4) is 0 Å². The molecule has 6 heteroatoms. The van der Waals surface area contributed by atoms with Gasteiger partial charge in [0, 0.05) is 11.0 Å². The molecule has 3 N–H and O–H groups in total. The van der Waals surface area contributed by atoms with Crippen LogP contribution < -0.4 is 11.1 Å². The molecule has 0 bridgehead atoms. The first-order chi connectivity index (χ1) is 13.7. The number of fused-ring (bicyclic) bond motifs is 1. The predicted molar refractivity (Wildman–Crippen MR) is 116 cm³/mol. The monoisotopic (exact) mass is 414 g/mol. The van der Waals surface area contributed by atoms with Gasteiger partial charge in [-0.2, -0.15) is 0 Å². The summed E-state index contributed by atoms with van der Waals surface area (Å²) in [4.78, 5) is 25.6. The van der Waals surface area contributed by atoms with E-state index in [1.165, 1.54) is 29.5 Å². The molecule has 2 aromatic rings. The number of benzene rings is 1. The predicted octanol–water partition coefficient (Wildman–Crippen LogP) is 5.18. The van der Waals surface area contributed by atoms with Crippen LogP contribution in [-0.2, 0) is 17.6 Å². The first kappa shape index (κ1) is 21.2. The van der Waals surface area contributed by atoms with Crippen LogP contribution in [0.4, 0.5) is 9.39 Å². The number of thiophene rings is 1. The number of hydrogen-bond donors (Lipinski definition) is 2. The Hall–Kier alpha value is -2.47. The van der Waals surface area contributed by atoms with Gasteiger partial charge in [0.25, 0.3) is 5.91 Å². The number of amides is 2. The van der Waals surface area contributed by atoms with E-state index in [1.54, 1.807) is 18.2 Å². The summed E-state index contributed by atoms with van der Waals surface area (Å²) in [6, 6.07) is 5.86. The number of halogens is 1. The van der Waals surface area contributed by atoms with Gasteiger partial charge in [0.05, 0.1) is 5.56 Å². The number of anilines is 1. The maximum absolute atomic E-state index is 13.0. The normalized spacial score (nSPS) is 16.6. The topological polar surface area (TPSA) is 72.2 Å². The molecule has 0 fully saturated rings. The van der Waals surface area contributed by atoms with E-state index in [0.29, 0.717) is 22.0 Å². The van der Waals surface area contributed by atoms with E-state index in [2.05, 4.69) is 26.1 Å². The Labute approximate surface area is 175 Å². The Morgan fingerprint density at radius 3 is 2.62 bits per heavy atom. The average molecular weight is 415 g/mol. The number of hydrogen-bond acceptors (Lipinski definition) is 3. The molecule has 3 rings (SSSR count). The summed E-state index contributed by atoms with van der Waals surface area (Å²) in [6.45, 7) is 6.78. The van der Waals surface area contributed by atoms with E-state index in [9.17, 15) is 14.0 Å². The van der Waals surface area contributed by atoms with Crippen LogP contribution in [0.25, 0.3) is 6.08 Å². The van der Waals surface area contributed by atoms with Gasteiger partial charge >= 0.3 is 0 Å². The van der Waals surface area contributed by atoms with Crippen LogP contribution in [0.2, 0.25) is 0 Å². The van der Waals surface area contributed by atoms with Crippen molar-refractivity contribution in [1.82, 2.24) is 0 Å². The lowest BCUT2D eigenvalue weighted by atomic mass is 9.69. The lowest BCUT2D eigenvalue weighted by molar-refractivity contribution is -0.111. The van der Waals surface area contributed by atoms with E-state index >= 15 is 0 Å². The highest BCUT2D eigenvalue weighted by Gasteiger charge is 2.34. The number of carbonyl (C=O) groups excluding carboxylic acids is 2. The first-order valence-corrected chi connectivity index (χ1v) is 10.7. The average Bonchev–Trinajstić information content (AvgIpc) is 3.04. The molecule has 1 aliphatic carbocycles. The summed E-state index contributed by atoms with van der Waals surface area (Å²) in [5, 5.41) is 3.34. The highest BCUT2D eigenvalue weighted by Crippen LogP contribution is 2.45. The molecule has 4 nitrogen and oxygen atoms in total. The third-order valence-electron chi connectivity index (χ3n) is 6.06. The van der Waals surface area contributed by atoms with E-state index in [-0.39, 0.29) is 17.1 Å². The second kappa shape index (κ2) is 8.49. The summed E-state index contributed by atoms with van der Waals surface area (Å²) in [5.41, 5.74) is 8.03. The molecule has 0 saturated heterocycles. The van der Waals surface area contributed by atoms with Gasteiger partial charge in [0.2, 0.25) is 5.91 Å². The van der Waals surface area contributed by atoms with Crippen LogP contribution in [0.3, 0.4) is 0 Å².